The largest absolute Gasteiger partial charge is 0.293 e. The van der Waals surface area contributed by atoms with E-state index in [4.69, 9.17) is 11.6 Å². The summed E-state index contributed by atoms with van der Waals surface area (Å²) < 4.78 is 0. The first kappa shape index (κ1) is 9.93. The van der Waals surface area contributed by atoms with Crippen LogP contribution in [0.2, 0.25) is 5.02 Å². The summed E-state index contributed by atoms with van der Waals surface area (Å²) in [4.78, 5) is 7.97. The Morgan fingerprint density at radius 1 is 1.46 bits per heavy atom. The number of nitrogens with zero attached hydrogens (tertiary/aromatic N) is 2. The number of hydrogen-bond acceptors (Lipinski definition) is 2. The van der Waals surface area contributed by atoms with E-state index in [-0.39, 0.29) is 0 Å². The van der Waals surface area contributed by atoms with Gasteiger partial charge >= 0.3 is 0 Å². The Labute approximate surface area is 83.0 Å². The summed E-state index contributed by atoms with van der Waals surface area (Å²) in [6.07, 6.45) is 0. The molecule has 0 spiro atoms. The lowest BCUT2D eigenvalue weighted by atomic mass is 10.1. The van der Waals surface area contributed by atoms with Gasteiger partial charge in [0.1, 0.15) is 0 Å². The van der Waals surface area contributed by atoms with Crippen LogP contribution >= 0.6 is 11.6 Å². The molecule has 68 valence electrons. The van der Waals surface area contributed by atoms with Crippen molar-refractivity contribution in [3.8, 4) is 0 Å². The zero-order chi connectivity index (χ0) is 9.84. The first-order chi connectivity index (χ1) is 6.19. The summed E-state index contributed by atoms with van der Waals surface area (Å²) in [5.41, 5.74) is 2.68. The van der Waals surface area contributed by atoms with Gasteiger partial charge in [-0.15, -0.1) is 0 Å². The van der Waals surface area contributed by atoms with Crippen molar-refractivity contribution in [2.45, 2.75) is 6.92 Å². The fourth-order valence-corrected chi connectivity index (χ4v) is 1.23. The molecule has 0 aliphatic heterocycles. The zero-order valence-corrected chi connectivity index (χ0v) is 8.47. The number of rotatable bonds is 2. The van der Waals surface area contributed by atoms with E-state index < -0.39 is 0 Å². The van der Waals surface area contributed by atoms with Gasteiger partial charge in [0.05, 0.1) is 5.69 Å². The van der Waals surface area contributed by atoms with E-state index in [0.29, 0.717) is 5.02 Å². The molecule has 0 fully saturated rings. The maximum Gasteiger partial charge on any atom is 0.0727 e. The van der Waals surface area contributed by atoms with E-state index in [9.17, 15) is 0 Å². The zero-order valence-electron chi connectivity index (χ0n) is 7.71. The first-order valence-electron chi connectivity index (χ1n) is 3.89. The lowest BCUT2D eigenvalue weighted by Gasteiger charge is -2.04. The maximum atomic E-state index is 5.82. The van der Waals surface area contributed by atoms with Gasteiger partial charge in [-0.3, -0.25) is 9.98 Å². The van der Waals surface area contributed by atoms with E-state index >= 15 is 0 Å². The van der Waals surface area contributed by atoms with Crippen LogP contribution in [0, 0.1) is 0 Å². The topological polar surface area (TPSA) is 24.7 Å². The van der Waals surface area contributed by atoms with Crippen LogP contribution in [0.3, 0.4) is 0 Å². The number of halogens is 1. The van der Waals surface area contributed by atoms with Gasteiger partial charge in [-0.05, 0) is 31.8 Å². The molecule has 0 saturated heterocycles. The minimum atomic E-state index is 0.662. The number of hydrogen-bond donors (Lipinski definition) is 0. The minimum absolute atomic E-state index is 0.662. The Kier molecular flexibility index (Phi) is 3.20. The van der Waals surface area contributed by atoms with Gasteiger partial charge in [0, 0.05) is 23.3 Å². The van der Waals surface area contributed by atoms with Crippen molar-refractivity contribution in [3.05, 3.63) is 28.8 Å². The second-order valence-corrected chi connectivity index (χ2v) is 3.07. The lowest BCUT2D eigenvalue weighted by Crippen LogP contribution is -1.94. The van der Waals surface area contributed by atoms with Crippen LogP contribution in [-0.2, 0) is 0 Å². The standard InChI is InChI=1S/C10H11ClN2/c1-7(12-2)9-5-4-8(11)6-10(9)13-3/h4-6H,3H2,1-2H3. The Morgan fingerprint density at radius 2 is 2.15 bits per heavy atom. The number of aliphatic imine (C=N–C) groups is 2. The van der Waals surface area contributed by atoms with Gasteiger partial charge in [0.25, 0.3) is 0 Å². The predicted octanol–water partition coefficient (Wildman–Crippen LogP) is 3.11. The third kappa shape index (κ3) is 2.16. The minimum Gasteiger partial charge on any atom is -0.293 e. The quantitative estimate of drug-likeness (QED) is 0.647. The molecule has 0 bridgehead atoms. The SMILES string of the molecule is C=Nc1cc(Cl)ccc1C(C)=NC. The van der Waals surface area contributed by atoms with E-state index in [1.54, 1.807) is 13.1 Å². The molecule has 0 aliphatic rings. The van der Waals surface area contributed by atoms with E-state index in [2.05, 4.69) is 16.7 Å². The van der Waals surface area contributed by atoms with E-state index in [0.717, 1.165) is 17.0 Å². The van der Waals surface area contributed by atoms with Gasteiger partial charge in [-0.2, -0.15) is 0 Å². The smallest absolute Gasteiger partial charge is 0.0727 e. The molecule has 0 unspecified atom stereocenters. The Bertz CT molecular complexity index is 356. The van der Waals surface area contributed by atoms with Crippen molar-refractivity contribution in [3.63, 3.8) is 0 Å². The van der Waals surface area contributed by atoms with E-state index in [1.807, 2.05) is 19.1 Å². The average molecular weight is 195 g/mol. The van der Waals surface area contributed by atoms with Crippen LogP contribution in [-0.4, -0.2) is 19.5 Å². The molecule has 1 rings (SSSR count). The predicted molar refractivity (Wildman–Crippen MR) is 58.8 cm³/mol. The number of benzene rings is 1. The molecule has 13 heavy (non-hydrogen) atoms. The molecule has 0 heterocycles. The Hall–Kier alpha value is -1.15. The van der Waals surface area contributed by atoms with Gasteiger partial charge in [0.2, 0.25) is 0 Å². The van der Waals surface area contributed by atoms with Crippen LogP contribution < -0.4 is 0 Å². The molecule has 0 aromatic heterocycles. The fourth-order valence-electron chi connectivity index (χ4n) is 1.06. The lowest BCUT2D eigenvalue weighted by molar-refractivity contribution is 1.40. The highest BCUT2D eigenvalue weighted by Crippen LogP contribution is 2.23. The third-order valence-corrected chi connectivity index (χ3v) is 2.09. The molecule has 0 aliphatic carbocycles. The maximum absolute atomic E-state index is 5.82. The summed E-state index contributed by atoms with van der Waals surface area (Å²) in [7, 11) is 1.75. The highest BCUT2D eigenvalue weighted by molar-refractivity contribution is 6.31. The Morgan fingerprint density at radius 3 is 2.69 bits per heavy atom. The molecular weight excluding hydrogens is 184 g/mol. The molecule has 1 aromatic carbocycles. The summed E-state index contributed by atoms with van der Waals surface area (Å²) >= 11 is 5.82. The molecule has 0 saturated carbocycles. The third-order valence-electron chi connectivity index (χ3n) is 1.86. The van der Waals surface area contributed by atoms with Gasteiger partial charge in [0.15, 0.2) is 0 Å². The molecule has 0 amide bonds. The molecule has 0 radical (unpaired) electrons. The van der Waals surface area contributed by atoms with E-state index in [1.165, 1.54) is 0 Å². The van der Waals surface area contributed by atoms with Crippen LogP contribution in [0.4, 0.5) is 5.69 Å². The monoisotopic (exact) mass is 194 g/mol. The van der Waals surface area contributed by atoms with Crippen LogP contribution in [0.5, 0.6) is 0 Å². The first-order valence-corrected chi connectivity index (χ1v) is 4.27. The van der Waals surface area contributed by atoms with Crippen LogP contribution in [0.1, 0.15) is 12.5 Å². The van der Waals surface area contributed by atoms with Gasteiger partial charge in [-0.1, -0.05) is 11.6 Å². The Balaban J connectivity index is 3.29. The average Bonchev–Trinajstić information content (AvgIpc) is 2.16. The molecule has 0 atom stereocenters. The van der Waals surface area contributed by atoms with Crippen molar-refractivity contribution in [2.75, 3.05) is 7.05 Å². The van der Waals surface area contributed by atoms with Crippen LogP contribution in [0.25, 0.3) is 0 Å². The second-order valence-electron chi connectivity index (χ2n) is 2.63. The molecule has 2 nitrogen and oxygen atoms in total. The fraction of sp³-hybridized carbons (Fsp3) is 0.200. The highest BCUT2D eigenvalue weighted by Gasteiger charge is 2.03. The molecular formula is C10H11ClN2. The molecule has 1 aromatic rings. The molecule has 3 heteroatoms. The summed E-state index contributed by atoms with van der Waals surface area (Å²) in [6.45, 7) is 5.41. The summed E-state index contributed by atoms with van der Waals surface area (Å²) in [5, 5.41) is 0.662. The van der Waals surface area contributed by atoms with Gasteiger partial charge in [-0.25, -0.2) is 0 Å². The van der Waals surface area contributed by atoms with Crippen molar-refractivity contribution >= 4 is 29.7 Å². The van der Waals surface area contributed by atoms with Gasteiger partial charge < -0.3 is 0 Å². The van der Waals surface area contributed by atoms with Crippen molar-refractivity contribution in [1.82, 2.24) is 0 Å². The van der Waals surface area contributed by atoms with Crippen molar-refractivity contribution in [2.24, 2.45) is 9.98 Å². The van der Waals surface area contributed by atoms with Crippen LogP contribution in [0.15, 0.2) is 28.2 Å². The normalized spacial score (nSPS) is 11.5. The summed E-state index contributed by atoms with van der Waals surface area (Å²) in [6, 6.07) is 5.49. The highest BCUT2D eigenvalue weighted by atomic mass is 35.5. The van der Waals surface area contributed by atoms with Crippen molar-refractivity contribution < 1.29 is 0 Å². The molecule has 0 N–H and O–H groups in total. The second kappa shape index (κ2) is 4.19. The summed E-state index contributed by atoms with van der Waals surface area (Å²) in [5.74, 6) is 0. The van der Waals surface area contributed by atoms with Crippen molar-refractivity contribution in [1.29, 1.82) is 0 Å².